The maximum atomic E-state index is 11.9. The zero-order chi connectivity index (χ0) is 15.0. The molecule has 0 aliphatic rings. The van der Waals surface area contributed by atoms with Crippen LogP contribution in [-0.4, -0.2) is 18.9 Å². The van der Waals surface area contributed by atoms with Gasteiger partial charge in [0.2, 0.25) is 0 Å². The van der Waals surface area contributed by atoms with Gasteiger partial charge in [-0.25, -0.2) is 10.1 Å². The average Bonchev–Trinajstić information content (AvgIpc) is 2.34. The number of rotatable bonds is 6. The van der Waals surface area contributed by atoms with Crippen molar-refractivity contribution in [2.45, 2.75) is 32.5 Å². The summed E-state index contributed by atoms with van der Waals surface area (Å²) in [4.78, 5) is 11.0. The third kappa shape index (κ3) is 6.86. The van der Waals surface area contributed by atoms with E-state index < -0.39 is 12.3 Å². The molecule has 4 nitrogen and oxygen atoms in total. The number of amides is 2. The number of benzene rings is 1. The Morgan fingerprint density at radius 1 is 1.20 bits per heavy atom. The Labute approximate surface area is 115 Å². The first-order valence-corrected chi connectivity index (χ1v) is 6.29. The van der Waals surface area contributed by atoms with Crippen LogP contribution in [0.3, 0.4) is 0 Å². The number of unbranched alkanes of at least 4 members (excludes halogenated alkanes) is 2. The summed E-state index contributed by atoms with van der Waals surface area (Å²) in [6.07, 6.45) is -1.62. The van der Waals surface area contributed by atoms with E-state index in [-0.39, 0.29) is 5.69 Å². The fourth-order valence-electron chi connectivity index (χ4n) is 1.47. The van der Waals surface area contributed by atoms with Crippen LogP contribution >= 0.6 is 0 Å². The number of halogens is 3. The fourth-order valence-corrected chi connectivity index (χ4v) is 1.47. The summed E-state index contributed by atoms with van der Waals surface area (Å²) in [7, 11) is 0. The van der Waals surface area contributed by atoms with Crippen molar-refractivity contribution in [2.75, 3.05) is 11.9 Å². The number of nitrogens with one attached hydrogen (secondary N) is 2. The highest BCUT2D eigenvalue weighted by atomic mass is 19.4. The van der Waals surface area contributed by atoms with Crippen molar-refractivity contribution in [3.05, 3.63) is 24.3 Å². The molecule has 0 unspecified atom stereocenters. The lowest BCUT2D eigenvalue weighted by atomic mass is 10.2. The lowest BCUT2D eigenvalue weighted by molar-refractivity contribution is -0.144. The number of anilines is 1. The molecule has 0 saturated carbocycles. The Morgan fingerprint density at radius 3 is 2.40 bits per heavy atom. The summed E-state index contributed by atoms with van der Waals surface area (Å²) < 4.78 is 41.1. The predicted molar refractivity (Wildman–Crippen MR) is 69.7 cm³/mol. The monoisotopic (exact) mass is 290 g/mol. The average molecular weight is 290 g/mol. The Bertz CT molecular complexity index is 419. The molecule has 0 spiro atoms. The van der Waals surface area contributed by atoms with E-state index in [1.807, 2.05) is 0 Å². The number of hydrogen-bond donors (Lipinski definition) is 2. The molecule has 0 aromatic heterocycles. The highest BCUT2D eigenvalue weighted by molar-refractivity contribution is 5.89. The van der Waals surface area contributed by atoms with Gasteiger partial charge in [0.1, 0.15) is 5.75 Å². The van der Waals surface area contributed by atoms with Crippen LogP contribution in [0.25, 0.3) is 0 Å². The van der Waals surface area contributed by atoms with E-state index in [0.29, 0.717) is 12.4 Å². The Hall–Kier alpha value is -1.92. The standard InChI is InChI=1S/C13H17F3N2O2/c1-2-3-4-9-20-11-7-5-10(6-8-11)17-12(19)18-13(14,15)16/h5-8H,2-4,9H2,1H3,(H2,17,18,19). The van der Waals surface area contributed by atoms with Gasteiger partial charge in [-0.1, -0.05) is 19.8 Å². The highest BCUT2D eigenvalue weighted by Crippen LogP contribution is 2.17. The molecule has 7 heteroatoms. The van der Waals surface area contributed by atoms with Crippen LogP contribution in [0.4, 0.5) is 23.7 Å². The molecule has 2 amide bonds. The smallest absolute Gasteiger partial charge is 0.485 e. The molecule has 0 radical (unpaired) electrons. The second-order valence-electron chi connectivity index (χ2n) is 4.16. The molecule has 0 atom stereocenters. The van der Waals surface area contributed by atoms with E-state index in [1.54, 1.807) is 12.1 Å². The van der Waals surface area contributed by atoms with Crippen LogP contribution in [0.5, 0.6) is 5.75 Å². The van der Waals surface area contributed by atoms with Crippen molar-refractivity contribution in [2.24, 2.45) is 0 Å². The second kappa shape index (κ2) is 7.62. The van der Waals surface area contributed by atoms with Gasteiger partial charge in [0.05, 0.1) is 6.61 Å². The summed E-state index contributed by atoms with van der Waals surface area (Å²) in [6.45, 7) is 2.68. The Kier molecular flexibility index (Phi) is 6.14. The number of alkyl halides is 3. The third-order valence-corrected chi connectivity index (χ3v) is 2.38. The molecule has 0 saturated heterocycles. The first kappa shape index (κ1) is 16.1. The zero-order valence-corrected chi connectivity index (χ0v) is 11.1. The lowest BCUT2D eigenvalue weighted by Crippen LogP contribution is -2.40. The van der Waals surface area contributed by atoms with E-state index in [4.69, 9.17) is 4.74 Å². The van der Waals surface area contributed by atoms with Gasteiger partial charge in [0.25, 0.3) is 0 Å². The Morgan fingerprint density at radius 2 is 1.85 bits per heavy atom. The van der Waals surface area contributed by atoms with Gasteiger partial charge in [-0.15, -0.1) is 0 Å². The summed E-state index contributed by atoms with van der Waals surface area (Å²) in [5, 5.41) is 2.93. The fraction of sp³-hybridized carbons (Fsp3) is 0.462. The number of urea groups is 1. The minimum Gasteiger partial charge on any atom is -0.494 e. The highest BCUT2D eigenvalue weighted by Gasteiger charge is 2.29. The maximum absolute atomic E-state index is 11.9. The molecular formula is C13H17F3N2O2. The number of carbonyl (C=O) groups excluding carboxylic acids is 1. The van der Waals surface area contributed by atoms with E-state index >= 15 is 0 Å². The molecule has 2 N–H and O–H groups in total. The van der Waals surface area contributed by atoms with Crippen LogP contribution in [0.15, 0.2) is 24.3 Å². The number of hydrogen-bond acceptors (Lipinski definition) is 2. The van der Waals surface area contributed by atoms with Crippen molar-refractivity contribution in [1.29, 1.82) is 0 Å². The number of ether oxygens (including phenoxy) is 1. The summed E-state index contributed by atoms with van der Waals surface area (Å²) in [5.74, 6) is 0.614. The van der Waals surface area contributed by atoms with Gasteiger partial charge >= 0.3 is 12.3 Å². The lowest BCUT2D eigenvalue weighted by Gasteiger charge is -2.10. The molecule has 0 aliphatic heterocycles. The number of carbonyl (C=O) groups is 1. The van der Waals surface area contributed by atoms with Crippen LogP contribution in [-0.2, 0) is 0 Å². The van der Waals surface area contributed by atoms with Crippen LogP contribution in [0.1, 0.15) is 26.2 Å². The van der Waals surface area contributed by atoms with Crippen molar-refractivity contribution in [1.82, 2.24) is 5.32 Å². The van der Waals surface area contributed by atoms with E-state index in [1.165, 1.54) is 12.1 Å². The van der Waals surface area contributed by atoms with Gasteiger partial charge in [-0.3, -0.25) is 0 Å². The van der Waals surface area contributed by atoms with Crippen molar-refractivity contribution in [3.63, 3.8) is 0 Å². The van der Waals surface area contributed by atoms with Gasteiger partial charge in [0.15, 0.2) is 0 Å². The minimum atomic E-state index is -4.74. The van der Waals surface area contributed by atoms with Crippen molar-refractivity contribution < 1.29 is 22.7 Å². The van der Waals surface area contributed by atoms with Crippen LogP contribution < -0.4 is 15.4 Å². The molecule has 1 aromatic carbocycles. The summed E-state index contributed by atoms with van der Waals surface area (Å²) in [6, 6.07) is 4.81. The first-order chi connectivity index (χ1) is 9.40. The predicted octanol–water partition coefficient (Wildman–Crippen LogP) is 3.90. The van der Waals surface area contributed by atoms with Crippen molar-refractivity contribution >= 4 is 11.7 Å². The van der Waals surface area contributed by atoms with Crippen LogP contribution in [0.2, 0.25) is 0 Å². The van der Waals surface area contributed by atoms with Gasteiger partial charge in [-0.05, 0) is 30.7 Å². The third-order valence-electron chi connectivity index (χ3n) is 2.38. The topological polar surface area (TPSA) is 50.4 Å². The maximum Gasteiger partial charge on any atom is 0.485 e. The largest absolute Gasteiger partial charge is 0.494 e. The molecule has 1 aromatic rings. The van der Waals surface area contributed by atoms with Gasteiger partial charge in [0, 0.05) is 5.69 Å². The van der Waals surface area contributed by atoms with Crippen LogP contribution in [0, 0.1) is 0 Å². The van der Waals surface area contributed by atoms with Gasteiger partial charge < -0.3 is 10.1 Å². The second-order valence-corrected chi connectivity index (χ2v) is 4.16. The minimum absolute atomic E-state index is 0.257. The molecule has 1 rings (SSSR count). The molecule has 0 bridgehead atoms. The molecule has 0 aliphatic carbocycles. The molecule has 0 heterocycles. The molecular weight excluding hydrogens is 273 g/mol. The summed E-state index contributed by atoms with van der Waals surface area (Å²) in [5.41, 5.74) is 0.257. The molecule has 112 valence electrons. The van der Waals surface area contributed by atoms with E-state index in [9.17, 15) is 18.0 Å². The zero-order valence-electron chi connectivity index (χ0n) is 11.1. The van der Waals surface area contributed by atoms with Crippen molar-refractivity contribution in [3.8, 4) is 5.75 Å². The first-order valence-electron chi connectivity index (χ1n) is 6.29. The van der Waals surface area contributed by atoms with Gasteiger partial charge in [-0.2, -0.15) is 13.2 Å². The Balaban J connectivity index is 2.40. The SMILES string of the molecule is CCCCCOc1ccc(NC(=O)NC(F)(F)F)cc1. The quantitative estimate of drug-likeness (QED) is 0.616. The molecule has 0 fully saturated rings. The summed E-state index contributed by atoms with van der Waals surface area (Å²) >= 11 is 0. The normalized spacial score (nSPS) is 11.0. The van der Waals surface area contributed by atoms with E-state index in [0.717, 1.165) is 24.6 Å². The van der Waals surface area contributed by atoms with E-state index in [2.05, 4.69) is 12.2 Å². The molecule has 20 heavy (non-hydrogen) atoms.